The lowest BCUT2D eigenvalue weighted by molar-refractivity contribution is -0.139. The van der Waals surface area contributed by atoms with Crippen LogP contribution in [0.2, 0.25) is 10.0 Å². The Hall–Kier alpha value is -3.28. The van der Waals surface area contributed by atoms with Crippen LogP contribution in [0.25, 0.3) is 0 Å². The summed E-state index contributed by atoms with van der Waals surface area (Å²) in [6, 6.07) is 13.7. The van der Waals surface area contributed by atoms with Crippen LogP contribution in [-0.2, 0) is 32.3 Å². The van der Waals surface area contributed by atoms with E-state index < -0.39 is 56.9 Å². The Kier molecular flexibility index (Phi) is 9.76. The van der Waals surface area contributed by atoms with E-state index in [1.807, 2.05) is 0 Å². The fourth-order valence-corrected chi connectivity index (χ4v) is 5.68. The van der Waals surface area contributed by atoms with Crippen LogP contribution < -0.4 is 9.62 Å². The Bertz CT molecular complexity index is 1500. The highest BCUT2D eigenvalue weighted by Crippen LogP contribution is 2.38. The number of halogens is 5. The van der Waals surface area contributed by atoms with E-state index in [2.05, 4.69) is 5.32 Å². The summed E-state index contributed by atoms with van der Waals surface area (Å²) in [5.41, 5.74) is -0.476. The van der Waals surface area contributed by atoms with Crippen molar-refractivity contribution in [2.75, 3.05) is 17.9 Å². The number of nitrogens with one attached hydrogen (secondary N) is 1. The van der Waals surface area contributed by atoms with Crippen LogP contribution in [0.1, 0.15) is 23.6 Å². The molecular formula is C27H26Cl2F3N3O4S. The van der Waals surface area contributed by atoms with E-state index in [9.17, 15) is 31.2 Å². The molecule has 214 valence electrons. The normalized spacial score (nSPS) is 12.5. The lowest BCUT2D eigenvalue weighted by Crippen LogP contribution is -2.50. The van der Waals surface area contributed by atoms with Gasteiger partial charge in [-0.2, -0.15) is 13.2 Å². The molecule has 0 aliphatic carbocycles. The Balaban J connectivity index is 2.14. The van der Waals surface area contributed by atoms with Crippen molar-refractivity contribution in [2.24, 2.45) is 0 Å². The quantitative estimate of drug-likeness (QED) is 0.335. The predicted molar refractivity (Wildman–Crippen MR) is 148 cm³/mol. The smallest absolute Gasteiger partial charge is 0.357 e. The van der Waals surface area contributed by atoms with E-state index in [1.165, 1.54) is 38.2 Å². The van der Waals surface area contributed by atoms with Gasteiger partial charge in [-0.3, -0.25) is 13.9 Å². The van der Waals surface area contributed by atoms with E-state index in [1.54, 1.807) is 31.2 Å². The highest BCUT2D eigenvalue weighted by atomic mass is 35.5. The minimum atomic E-state index is -4.89. The van der Waals surface area contributed by atoms with Gasteiger partial charge in [0.25, 0.3) is 10.0 Å². The molecule has 0 unspecified atom stereocenters. The topological polar surface area (TPSA) is 86.8 Å². The summed E-state index contributed by atoms with van der Waals surface area (Å²) in [5.74, 6) is -1.39. The second-order valence-electron chi connectivity index (χ2n) is 8.89. The minimum absolute atomic E-state index is 0.167. The average Bonchev–Trinajstić information content (AvgIpc) is 2.90. The van der Waals surface area contributed by atoms with Crippen LogP contribution in [0, 0.1) is 6.92 Å². The summed E-state index contributed by atoms with van der Waals surface area (Å²) in [7, 11) is -3.19. The molecule has 1 N–H and O–H groups in total. The van der Waals surface area contributed by atoms with Gasteiger partial charge in [0.2, 0.25) is 11.8 Å². The fraction of sp³-hybridized carbons (Fsp3) is 0.259. The molecule has 2 amide bonds. The second-order valence-corrected chi connectivity index (χ2v) is 11.6. The first-order chi connectivity index (χ1) is 18.7. The van der Waals surface area contributed by atoms with Crippen molar-refractivity contribution in [1.82, 2.24) is 10.2 Å². The van der Waals surface area contributed by atoms with Gasteiger partial charge in [0.15, 0.2) is 0 Å². The number of alkyl halides is 3. The number of hydrogen-bond acceptors (Lipinski definition) is 4. The van der Waals surface area contributed by atoms with E-state index >= 15 is 0 Å². The minimum Gasteiger partial charge on any atom is -0.357 e. The molecule has 3 aromatic rings. The van der Waals surface area contributed by atoms with Crippen molar-refractivity contribution >= 4 is 50.7 Å². The number of carbonyl (C=O) groups excluding carboxylic acids is 2. The van der Waals surface area contributed by atoms with Crippen molar-refractivity contribution in [1.29, 1.82) is 0 Å². The summed E-state index contributed by atoms with van der Waals surface area (Å²) in [6.07, 6.45) is -4.89. The number of benzene rings is 3. The first-order valence-electron chi connectivity index (χ1n) is 11.9. The summed E-state index contributed by atoms with van der Waals surface area (Å²) in [5, 5.41) is 2.11. The molecule has 0 spiro atoms. The molecule has 3 rings (SSSR count). The van der Waals surface area contributed by atoms with Gasteiger partial charge in [-0.05, 0) is 55.8 Å². The molecule has 7 nitrogen and oxygen atoms in total. The number of likely N-dealkylation sites (N-methyl/N-ethyl adjacent to an activating group) is 1. The van der Waals surface area contributed by atoms with Crippen LogP contribution in [0.3, 0.4) is 0 Å². The molecule has 0 bridgehead atoms. The summed E-state index contributed by atoms with van der Waals surface area (Å²) in [6.45, 7) is 2.09. The SMILES string of the molecule is CNC(=O)[C@@H](C)N(Cc1ccccc1Cl)C(=O)CN(c1ccc(Cl)c(C(F)(F)F)c1)S(=O)(=O)c1ccc(C)cc1. The first-order valence-corrected chi connectivity index (χ1v) is 14.1. The Morgan fingerprint density at radius 2 is 1.60 bits per heavy atom. The van der Waals surface area contributed by atoms with Gasteiger partial charge in [0.1, 0.15) is 12.6 Å². The molecular weight excluding hydrogens is 590 g/mol. The van der Waals surface area contributed by atoms with E-state index in [0.29, 0.717) is 21.0 Å². The predicted octanol–water partition coefficient (Wildman–Crippen LogP) is 5.68. The van der Waals surface area contributed by atoms with E-state index in [-0.39, 0.29) is 11.4 Å². The van der Waals surface area contributed by atoms with Crippen molar-refractivity contribution in [2.45, 2.75) is 37.5 Å². The average molecular weight is 616 g/mol. The zero-order valence-electron chi connectivity index (χ0n) is 21.7. The number of rotatable bonds is 9. The van der Waals surface area contributed by atoms with Crippen LogP contribution in [0.15, 0.2) is 71.6 Å². The van der Waals surface area contributed by atoms with Gasteiger partial charge < -0.3 is 10.2 Å². The van der Waals surface area contributed by atoms with Gasteiger partial charge in [-0.1, -0.05) is 59.1 Å². The molecule has 40 heavy (non-hydrogen) atoms. The molecule has 0 saturated carbocycles. The molecule has 0 radical (unpaired) electrons. The van der Waals surface area contributed by atoms with Gasteiger partial charge in [0, 0.05) is 18.6 Å². The fourth-order valence-electron chi connectivity index (χ4n) is 3.85. The number of hydrogen-bond donors (Lipinski definition) is 1. The molecule has 1 atom stereocenters. The van der Waals surface area contributed by atoms with Gasteiger partial charge in [0.05, 0.1) is 21.2 Å². The third-order valence-corrected chi connectivity index (χ3v) is 8.63. The maximum Gasteiger partial charge on any atom is 0.417 e. The van der Waals surface area contributed by atoms with Gasteiger partial charge >= 0.3 is 6.18 Å². The molecule has 3 aromatic carbocycles. The first kappa shape index (κ1) is 31.3. The third-order valence-electron chi connectivity index (χ3n) is 6.14. The van der Waals surface area contributed by atoms with Crippen LogP contribution >= 0.6 is 23.2 Å². The summed E-state index contributed by atoms with van der Waals surface area (Å²) in [4.78, 5) is 27.1. The molecule has 13 heteroatoms. The van der Waals surface area contributed by atoms with Crippen molar-refractivity contribution in [3.63, 3.8) is 0 Å². The number of carbonyl (C=O) groups is 2. The lowest BCUT2D eigenvalue weighted by Gasteiger charge is -2.32. The standard InChI is InChI=1S/C27H26Cl2F3N3O4S/c1-17-8-11-21(12-9-17)40(38,39)35(20-10-13-24(29)22(14-20)27(30,31)32)16-25(36)34(18(2)26(37)33-3)15-19-6-4-5-7-23(19)28/h4-14,18H,15-16H2,1-3H3,(H,33,37)/t18-/m1/s1. The summed E-state index contributed by atoms with van der Waals surface area (Å²) >= 11 is 12.0. The Labute approximate surface area is 240 Å². The van der Waals surface area contributed by atoms with Crippen molar-refractivity contribution in [3.8, 4) is 0 Å². The molecule has 0 aliphatic heterocycles. The van der Waals surface area contributed by atoms with E-state index in [0.717, 1.165) is 22.6 Å². The molecule has 0 fully saturated rings. The Morgan fingerprint density at radius 3 is 2.17 bits per heavy atom. The van der Waals surface area contributed by atoms with Gasteiger partial charge in [-0.25, -0.2) is 8.42 Å². The molecule has 0 aromatic heterocycles. The van der Waals surface area contributed by atoms with Crippen molar-refractivity contribution in [3.05, 3.63) is 93.5 Å². The number of nitrogens with zero attached hydrogens (tertiary/aromatic N) is 2. The maximum atomic E-state index is 13.8. The molecule has 0 heterocycles. The van der Waals surface area contributed by atoms with Crippen LogP contribution in [-0.4, -0.2) is 44.8 Å². The van der Waals surface area contributed by atoms with Crippen molar-refractivity contribution < 1.29 is 31.2 Å². The highest BCUT2D eigenvalue weighted by Gasteiger charge is 2.37. The Morgan fingerprint density at radius 1 is 0.975 bits per heavy atom. The largest absolute Gasteiger partial charge is 0.417 e. The zero-order chi connectivity index (χ0) is 29.8. The van der Waals surface area contributed by atoms with Crippen LogP contribution in [0.5, 0.6) is 0 Å². The van der Waals surface area contributed by atoms with Crippen LogP contribution in [0.4, 0.5) is 18.9 Å². The monoisotopic (exact) mass is 615 g/mol. The molecule has 0 aliphatic rings. The van der Waals surface area contributed by atoms with Gasteiger partial charge in [-0.15, -0.1) is 0 Å². The third kappa shape index (κ3) is 7.07. The number of anilines is 1. The highest BCUT2D eigenvalue weighted by molar-refractivity contribution is 7.92. The number of sulfonamides is 1. The second kappa shape index (κ2) is 12.5. The number of aryl methyl sites for hydroxylation is 1. The maximum absolute atomic E-state index is 13.8. The summed E-state index contributed by atoms with van der Waals surface area (Å²) < 4.78 is 69.1. The molecule has 0 saturated heterocycles. The zero-order valence-corrected chi connectivity index (χ0v) is 24.0. The lowest BCUT2D eigenvalue weighted by atomic mass is 10.1. The number of amides is 2. The van der Waals surface area contributed by atoms with E-state index in [4.69, 9.17) is 23.2 Å².